The highest BCUT2D eigenvalue weighted by molar-refractivity contribution is 6.06. The average molecular weight is 613 g/mol. The second-order valence-corrected chi connectivity index (χ2v) is 10.2. The summed E-state index contributed by atoms with van der Waals surface area (Å²) in [5, 5.41) is 8.88. The lowest BCUT2D eigenvalue weighted by Crippen LogP contribution is -2.43. The van der Waals surface area contributed by atoms with Crippen molar-refractivity contribution < 1.29 is 40.7 Å². The summed E-state index contributed by atoms with van der Waals surface area (Å²) in [6, 6.07) is -1.10. The molecule has 4 amide bonds. The highest BCUT2D eigenvalue weighted by Crippen LogP contribution is 2.33. The molecule has 4 aliphatic rings. The molecule has 9 nitrogen and oxygen atoms in total. The molecule has 15 heteroatoms. The van der Waals surface area contributed by atoms with Crippen molar-refractivity contribution in [1.29, 1.82) is 0 Å². The number of carbonyl (C=O) groups is 3. The maximum Gasteiger partial charge on any atom is 0.405 e. The van der Waals surface area contributed by atoms with Gasteiger partial charge in [-0.1, -0.05) is 36.5 Å². The van der Waals surface area contributed by atoms with Crippen LogP contribution < -0.4 is 21.3 Å². The standard InChI is InChI=1S/C28H30F6N6O3/c29-27(30,31)15-36-24(41)14-40-11-9-19(18-4-3-10-35-23(12-18)39-25(42)17-7-8-17)20-5-1-2-6-22(21(20)13-40)38-26(43)37-16-28(32,33)34/h1,3-6,9,12,17H,2,7-8,10-11,13-16H2,(H,36,41)(H,35,39,42)(H2,37,38,43). The molecule has 0 unspecified atom stereocenters. The van der Waals surface area contributed by atoms with Crippen molar-refractivity contribution in [3.05, 3.63) is 70.5 Å². The molecule has 0 bridgehead atoms. The summed E-state index contributed by atoms with van der Waals surface area (Å²) in [5.41, 5.74) is 2.42. The number of allylic oxidation sites excluding steroid dienone is 7. The van der Waals surface area contributed by atoms with E-state index in [9.17, 15) is 40.7 Å². The second kappa shape index (κ2) is 13.4. The van der Waals surface area contributed by atoms with Gasteiger partial charge in [-0.2, -0.15) is 26.3 Å². The zero-order valence-corrected chi connectivity index (χ0v) is 22.9. The van der Waals surface area contributed by atoms with E-state index < -0.39 is 43.9 Å². The van der Waals surface area contributed by atoms with E-state index >= 15 is 0 Å². The summed E-state index contributed by atoms with van der Waals surface area (Å²) in [5.74, 6) is -0.750. The first-order valence-electron chi connectivity index (χ1n) is 13.5. The number of hydrogen-bond acceptors (Lipinski definition) is 5. The van der Waals surface area contributed by atoms with E-state index in [2.05, 4.69) is 15.6 Å². The fourth-order valence-electron chi connectivity index (χ4n) is 4.50. The van der Waals surface area contributed by atoms with Gasteiger partial charge in [-0.3, -0.25) is 19.5 Å². The summed E-state index contributed by atoms with van der Waals surface area (Å²) < 4.78 is 76.1. The predicted octanol–water partition coefficient (Wildman–Crippen LogP) is 3.33. The SMILES string of the molecule is O=C(CN1CC=C(C2=CC(NC(=O)C3CC3)=NCC=C2)C2=C(C1)C(NC(=O)NCC(F)(F)F)=CCC=C2)NCC(F)(F)F. The van der Waals surface area contributed by atoms with Gasteiger partial charge in [0, 0.05) is 24.7 Å². The van der Waals surface area contributed by atoms with Gasteiger partial charge in [0.25, 0.3) is 0 Å². The van der Waals surface area contributed by atoms with Gasteiger partial charge in [0.1, 0.15) is 18.9 Å². The van der Waals surface area contributed by atoms with Crippen LogP contribution in [0.4, 0.5) is 31.1 Å². The Kier molecular flexibility index (Phi) is 9.94. The van der Waals surface area contributed by atoms with E-state index in [4.69, 9.17) is 0 Å². The second-order valence-electron chi connectivity index (χ2n) is 10.2. The summed E-state index contributed by atoms with van der Waals surface area (Å²) in [6.07, 6.45) is 4.81. The number of rotatable bonds is 7. The number of nitrogens with one attached hydrogen (secondary N) is 4. The first-order chi connectivity index (χ1) is 20.3. The van der Waals surface area contributed by atoms with E-state index in [1.165, 1.54) is 0 Å². The number of urea groups is 1. The molecule has 2 aliphatic carbocycles. The normalized spacial score (nSPS) is 19.5. The van der Waals surface area contributed by atoms with Crippen molar-refractivity contribution in [2.45, 2.75) is 31.6 Å². The van der Waals surface area contributed by atoms with E-state index in [1.807, 2.05) is 5.32 Å². The van der Waals surface area contributed by atoms with E-state index in [0.717, 1.165) is 12.8 Å². The van der Waals surface area contributed by atoms with Crippen molar-refractivity contribution in [3.63, 3.8) is 0 Å². The number of carbonyl (C=O) groups excluding carboxylic acids is 3. The van der Waals surface area contributed by atoms with Crippen LogP contribution in [0.3, 0.4) is 0 Å². The lowest BCUT2D eigenvalue weighted by molar-refractivity contribution is -0.138. The Labute approximate surface area is 243 Å². The number of amidine groups is 1. The van der Waals surface area contributed by atoms with Gasteiger partial charge in [0.15, 0.2) is 0 Å². The maximum atomic E-state index is 12.7. The molecular formula is C28H30F6N6O3. The highest BCUT2D eigenvalue weighted by Gasteiger charge is 2.32. The first-order valence-corrected chi connectivity index (χ1v) is 13.5. The molecule has 232 valence electrons. The van der Waals surface area contributed by atoms with E-state index in [1.54, 1.807) is 52.7 Å². The van der Waals surface area contributed by atoms with Gasteiger partial charge in [0.05, 0.1) is 13.1 Å². The average Bonchev–Trinajstić information content (AvgIpc) is 3.77. The van der Waals surface area contributed by atoms with Crippen LogP contribution in [0, 0.1) is 5.92 Å². The van der Waals surface area contributed by atoms with Crippen LogP contribution in [-0.4, -0.2) is 80.2 Å². The summed E-state index contributed by atoms with van der Waals surface area (Å²) in [7, 11) is 0. The quantitative estimate of drug-likeness (QED) is 0.331. The summed E-state index contributed by atoms with van der Waals surface area (Å²) in [4.78, 5) is 43.1. The summed E-state index contributed by atoms with van der Waals surface area (Å²) in [6.45, 7) is -3.12. The largest absolute Gasteiger partial charge is 0.405 e. The lowest BCUT2D eigenvalue weighted by Gasteiger charge is -2.23. The van der Waals surface area contributed by atoms with Crippen LogP contribution in [0.5, 0.6) is 0 Å². The molecule has 4 rings (SSSR count). The number of alkyl halides is 6. The van der Waals surface area contributed by atoms with Crippen LogP contribution in [0.25, 0.3) is 0 Å². The van der Waals surface area contributed by atoms with Crippen LogP contribution in [-0.2, 0) is 9.59 Å². The number of halogens is 6. The predicted molar refractivity (Wildman–Crippen MR) is 145 cm³/mol. The lowest BCUT2D eigenvalue weighted by atomic mass is 9.92. The van der Waals surface area contributed by atoms with Crippen LogP contribution >= 0.6 is 0 Å². The Bertz CT molecular complexity index is 1350. The molecule has 0 aromatic rings. The zero-order chi connectivity index (χ0) is 31.2. The van der Waals surface area contributed by atoms with Crippen LogP contribution in [0.1, 0.15) is 19.3 Å². The zero-order valence-electron chi connectivity index (χ0n) is 22.9. The molecule has 0 aromatic carbocycles. The third kappa shape index (κ3) is 9.98. The Balaban J connectivity index is 1.66. The highest BCUT2D eigenvalue weighted by atomic mass is 19.4. The number of nitrogens with zero attached hydrogens (tertiary/aromatic N) is 2. The molecule has 0 atom stereocenters. The Morgan fingerprint density at radius 2 is 1.65 bits per heavy atom. The van der Waals surface area contributed by atoms with Crippen molar-refractivity contribution >= 4 is 23.7 Å². The van der Waals surface area contributed by atoms with Crippen molar-refractivity contribution in [2.24, 2.45) is 10.9 Å². The Morgan fingerprint density at radius 3 is 2.35 bits per heavy atom. The molecule has 1 saturated carbocycles. The fourth-order valence-corrected chi connectivity index (χ4v) is 4.50. The van der Waals surface area contributed by atoms with Gasteiger partial charge in [-0.05, 0) is 47.6 Å². The molecule has 0 radical (unpaired) electrons. The van der Waals surface area contributed by atoms with Crippen LogP contribution in [0.15, 0.2) is 75.5 Å². The molecule has 4 N–H and O–H groups in total. The smallest absolute Gasteiger partial charge is 0.346 e. The number of hydrogen-bond donors (Lipinski definition) is 4. The fraction of sp³-hybridized carbons (Fsp3) is 0.429. The van der Waals surface area contributed by atoms with Gasteiger partial charge in [-0.25, -0.2) is 4.79 Å². The molecule has 0 aromatic heterocycles. The molecule has 0 saturated heterocycles. The topological polar surface area (TPSA) is 115 Å². The van der Waals surface area contributed by atoms with Crippen molar-refractivity contribution in [3.8, 4) is 0 Å². The van der Waals surface area contributed by atoms with E-state index in [0.29, 0.717) is 34.5 Å². The Hall–Kier alpha value is -4.14. The third-order valence-corrected chi connectivity index (χ3v) is 6.64. The summed E-state index contributed by atoms with van der Waals surface area (Å²) >= 11 is 0. The minimum atomic E-state index is -4.63. The Morgan fingerprint density at radius 1 is 0.930 bits per heavy atom. The third-order valence-electron chi connectivity index (χ3n) is 6.64. The molecule has 43 heavy (non-hydrogen) atoms. The van der Waals surface area contributed by atoms with Crippen LogP contribution in [0.2, 0.25) is 0 Å². The molecule has 2 aliphatic heterocycles. The van der Waals surface area contributed by atoms with E-state index in [-0.39, 0.29) is 37.2 Å². The molecule has 2 heterocycles. The number of amides is 4. The minimum absolute atomic E-state index is 0.0269. The molecular weight excluding hydrogens is 582 g/mol. The monoisotopic (exact) mass is 612 g/mol. The molecule has 0 spiro atoms. The minimum Gasteiger partial charge on any atom is -0.346 e. The van der Waals surface area contributed by atoms with Crippen molar-refractivity contribution in [2.75, 3.05) is 39.3 Å². The van der Waals surface area contributed by atoms with Gasteiger partial charge in [-0.15, -0.1) is 0 Å². The van der Waals surface area contributed by atoms with Gasteiger partial charge < -0.3 is 21.3 Å². The number of aliphatic imine (C=N–C) groups is 1. The first kappa shape index (κ1) is 31.8. The van der Waals surface area contributed by atoms with Gasteiger partial charge >= 0.3 is 18.4 Å². The van der Waals surface area contributed by atoms with Crippen molar-refractivity contribution in [1.82, 2.24) is 26.2 Å². The molecule has 1 fully saturated rings. The maximum absolute atomic E-state index is 12.7. The van der Waals surface area contributed by atoms with Gasteiger partial charge in [0.2, 0.25) is 11.8 Å².